The Morgan fingerprint density at radius 2 is 2.20 bits per heavy atom. The standard InChI is InChI=1S/C12H26N2O/c1-10(7-13-3)8-14(4)9-12-6-5-11(2)15-12/h10-13H,5-9H2,1-4H3. The molecule has 1 aliphatic rings. The van der Waals surface area contributed by atoms with Crippen molar-refractivity contribution >= 4 is 0 Å². The van der Waals surface area contributed by atoms with Gasteiger partial charge in [-0.3, -0.25) is 0 Å². The molecule has 1 saturated heterocycles. The van der Waals surface area contributed by atoms with Gasteiger partial charge in [-0.05, 0) is 46.3 Å². The number of rotatable bonds is 6. The van der Waals surface area contributed by atoms with Gasteiger partial charge in [0.1, 0.15) is 0 Å². The van der Waals surface area contributed by atoms with Gasteiger partial charge < -0.3 is 15.0 Å². The molecule has 3 nitrogen and oxygen atoms in total. The van der Waals surface area contributed by atoms with Crippen molar-refractivity contribution in [3.63, 3.8) is 0 Å². The molecule has 15 heavy (non-hydrogen) atoms. The van der Waals surface area contributed by atoms with Crippen molar-refractivity contribution in [2.45, 2.75) is 38.9 Å². The van der Waals surface area contributed by atoms with Gasteiger partial charge in [-0.1, -0.05) is 6.92 Å². The first-order valence-electron chi connectivity index (χ1n) is 6.10. The van der Waals surface area contributed by atoms with Crippen molar-refractivity contribution in [1.82, 2.24) is 10.2 Å². The third-order valence-electron chi connectivity index (χ3n) is 3.01. The largest absolute Gasteiger partial charge is 0.374 e. The van der Waals surface area contributed by atoms with Crippen molar-refractivity contribution in [3.8, 4) is 0 Å². The number of nitrogens with zero attached hydrogens (tertiary/aromatic N) is 1. The molecule has 0 aromatic carbocycles. The summed E-state index contributed by atoms with van der Waals surface area (Å²) in [4.78, 5) is 2.39. The Kier molecular flexibility index (Phi) is 5.58. The average Bonchev–Trinajstić information content (AvgIpc) is 2.51. The van der Waals surface area contributed by atoms with Gasteiger partial charge in [0.15, 0.2) is 0 Å². The lowest BCUT2D eigenvalue weighted by Gasteiger charge is -2.24. The van der Waals surface area contributed by atoms with Crippen molar-refractivity contribution < 1.29 is 4.74 Å². The summed E-state index contributed by atoms with van der Waals surface area (Å²) in [6, 6.07) is 0. The highest BCUT2D eigenvalue weighted by Gasteiger charge is 2.23. The summed E-state index contributed by atoms with van der Waals surface area (Å²) in [5.74, 6) is 0.707. The topological polar surface area (TPSA) is 24.5 Å². The molecule has 0 amide bonds. The number of nitrogens with one attached hydrogen (secondary N) is 1. The molecule has 3 heteroatoms. The fraction of sp³-hybridized carbons (Fsp3) is 1.00. The van der Waals surface area contributed by atoms with Crippen LogP contribution >= 0.6 is 0 Å². The molecule has 0 spiro atoms. The van der Waals surface area contributed by atoms with Crippen LogP contribution in [0.5, 0.6) is 0 Å². The fourth-order valence-electron chi connectivity index (χ4n) is 2.39. The summed E-state index contributed by atoms with van der Waals surface area (Å²) in [5.41, 5.74) is 0. The summed E-state index contributed by atoms with van der Waals surface area (Å²) in [5, 5.41) is 3.22. The molecule has 1 rings (SSSR count). The SMILES string of the molecule is CNCC(C)CN(C)CC1CCC(C)O1. The van der Waals surface area contributed by atoms with Crippen molar-refractivity contribution in [3.05, 3.63) is 0 Å². The van der Waals surface area contributed by atoms with Crippen LogP contribution in [0, 0.1) is 5.92 Å². The Hall–Kier alpha value is -0.120. The molecule has 0 bridgehead atoms. The van der Waals surface area contributed by atoms with Crippen LogP contribution in [0.4, 0.5) is 0 Å². The van der Waals surface area contributed by atoms with E-state index in [2.05, 4.69) is 31.1 Å². The Balaban J connectivity index is 2.15. The maximum atomic E-state index is 5.82. The van der Waals surface area contributed by atoms with Crippen molar-refractivity contribution in [1.29, 1.82) is 0 Å². The lowest BCUT2D eigenvalue weighted by Crippen LogP contribution is -2.35. The van der Waals surface area contributed by atoms with Gasteiger partial charge in [0.05, 0.1) is 12.2 Å². The molecule has 3 unspecified atom stereocenters. The molecule has 90 valence electrons. The van der Waals surface area contributed by atoms with E-state index in [1.807, 2.05) is 7.05 Å². The van der Waals surface area contributed by atoms with Gasteiger partial charge in [-0.15, -0.1) is 0 Å². The highest BCUT2D eigenvalue weighted by atomic mass is 16.5. The molecular weight excluding hydrogens is 188 g/mol. The molecule has 0 saturated carbocycles. The third kappa shape index (κ3) is 4.96. The van der Waals surface area contributed by atoms with E-state index in [4.69, 9.17) is 4.74 Å². The van der Waals surface area contributed by atoms with E-state index in [0.717, 1.165) is 19.6 Å². The number of ether oxygens (including phenoxy) is 1. The predicted octanol–water partition coefficient (Wildman–Crippen LogP) is 1.34. The second kappa shape index (κ2) is 6.46. The predicted molar refractivity (Wildman–Crippen MR) is 64.2 cm³/mol. The Bertz CT molecular complexity index is 175. The molecule has 3 atom stereocenters. The van der Waals surface area contributed by atoms with Crippen LogP contribution in [0.1, 0.15) is 26.7 Å². The Labute approximate surface area is 94.2 Å². The second-order valence-corrected chi connectivity index (χ2v) is 5.03. The summed E-state index contributed by atoms with van der Waals surface area (Å²) in [6.07, 6.45) is 3.39. The van der Waals surface area contributed by atoms with E-state index in [1.54, 1.807) is 0 Å². The van der Waals surface area contributed by atoms with E-state index >= 15 is 0 Å². The molecule has 0 aliphatic carbocycles. The highest BCUT2D eigenvalue weighted by molar-refractivity contribution is 4.74. The molecule has 1 heterocycles. The summed E-state index contributed by atoms with van der Waals surface area (Å²) >= 11 is 0. The minimum absolute atomic E-state index is 0.465. The van der Waals surface area contributed by atoms with Crippen molar-refractivity contribution in [2.24, 2.45) is 5.92 Å². The van der Waals surface area contributed by atoms with Gasteiger partial charge in [-0.25, -0.2) is 0 Å². The van der Waals surface area contributed by atoms with E-state index in [-0.39, 0.29) is 0 Å². The third-order valence-corrected chi connectivity index (χ3v) is 3.01. The maximum Gasteiger partial charge on any atom is 0.0706 e. The molecule has 0 aromatic heterocycles. The Morgan fingerprint density at radius 3 is 2.73 bits per heavy atom. The first-order chi connectivity index (χ1) is 7.11. The smallest absolute Gasteiger partial charge is 0.0706 e. The average molecular weight is 214 g/mol. The number of hydrogen-bond donors (Lipinski definition) is 1. The van der Waals surface area contributed by atoms with E-state index in [0.29, 0.717) is 18.1 Å². The quantitative estimate of drug-likeness (QED) is 0.722. The zero-order valence-corrected chi connectivity index (χ0v) is 10.6. The molecule has 1 aliphatic heterocycles. The zero-order valence-electron chi connectivity index (χ0n) is 10.6. The van der Waals surface area contributed by atoms with Crippen LogP contribution in [0.2, 0.25) is 0 Å². The minimum atomic E-state index is 0.465. The van der Waals surface area contributed by atoms with Gasteiger partial charge in [0, 0.05) is 13.1 Å². The fourth-order valence-corrected chi connectivity index (χ4v) is 2.39. The van der Waals surface area contributed by atoms with E-state index in [1.165, 1.54) is 12.8 Å². The van der Waals surface area contributed by atoms with Crippen LogP contribution in [-0.4, -0.2) is 50.8 Å². The lowest BCUT2D eigenvalue weighted by atomic mass is 10.1. The van der Waals surface area contributed by atoms with Gasteiger partial charge in [-0.2, -0.15) is 0 Å². The normalized spacial score (nSPS) is 28.6. The molecular formula is C12H26N2O. The van der Waals surface area contributed by atoms with Gasteiger partial charge in [0.25, 0.3) is 0 Å². The number of likely N-dealkylation sites (N-methyl/N-ethyl adjacent to an activating group) is 1. The highest BCUT2D eigenvalue weighted by Crippen LogP contribution is 2.19. The second-order valence-electron chi connectivity index (χ2n) is 5.03. The maximum absolute atomic E-state index is 5.82. The first-order valence-corrected chi connectivity index (χ1v) is 6.10. The minimum Gasteiger partial charge on any atom is -0.374 e. The zero-order chi connectivity index (χ0) is 11.3. The van der Waals surface area contributed by atoms with Crippen LogP contribution in [0.15, 0.2) is 0 Å². The summed E-state index contributed by atoms with van der Waals surface area (Å²) in [7, 11) is 4.21. The lowest BCUT2D eigenvalue weighted by molar-refractivity contribution is 0.0344. The van der Waals surface area contributed by atoms with Crippen LogP contribution < -0.4 is 5.32 Å². The number of hydrogen-bond acceptors (Lipinski definition) is 3. The monoisotopic (exact) mass is 214 g/mol. The van der Waals surface area contributed by atoms with Gasteiger partial charge in [0.2, 0.25) is 0 Å². The molecule has 0 radical (unpaired) electrons. The molecule has 1 fully saturated rings. The Morgan fingerprint density at radius 1 is 1.47 bits per heavy atom. The van der Waals surface area contributed by atoms with Crippen LogP contribution in [0.25, 0.3) is 0 Å². The summed E-state index contributed by atoms with van der Waals surface area (Å²) < 4.78 is 5.82. The first kappa shape index (κ1) is 12.9. The van der Waals surface area contributed by atoms with Gasteiger partial charge >= 0.3 is 0 Å². The van der Waals surface area contributed by atoms with Crippen LogP contribution in [-0.2, 0) is 4.74 Å². The van der Waals surface area contributed by atoms with E-state index < -0.39 is 0 Å². The van der Waals surface area contributed by atoms with Crippen molar-refractivity contribution in [2.75, 3.05) is 33.7 Å². The molecule has 1 N–H and O–H groups in total. The van der Waals surface area contributed by atoms with E-state index in [9.17, 15) is 0 Å². The summed E-state index contributed by atoms with van der Waals surface area (Å²) in [6.45, 7) is 7.77. The van der Waals surface area contributed by atoms with Crippen LogP contribution in [0.3, 0.4) is 0 Å². The molecule has 0 aromatic rings.